The van der Waals surface area contributed by atoms with Gasteiger partial charge in [0.05, 0.1) is 12.6 Å². The molecule has 0 aliphatic carbocycles. The number of hydrogen-bond acceptors (Lipinski definition) is 3. The summed E-state index contributed by atoms with van der Waals surface area (Å²) < 4.78 is 5.36. The van der Waals surface area contributed by atoms with Gasteiger partial charge < -0.3 is 10.1 Å². The Morgan fingerprint density at radius 3 is 2.54 bits per heavy atom. The van der Waals surface area contributed by atoms with Gasteiger partial charge in [-0.1, -0.05) is 25.5 Å². The standard InChI is InChI=1S/C21H24N2O/c1-4-5-6-16-7-9-17(10-8-16)23-21-13-15(2)22-20-12-11-18(24-3)14-19(20)21/h7-14H,4-6H2,1-3H3,(H,22,23). The minimum atomic E-state index is 0.839. The molecule has 0 saturated heterocycles. The first-order valence-electron chi connectivity index (χ1n) is 8.51. The van der Waals surface area contributed by atoms with Crippen molar-refractivity contribution < 1.29 is 4.74 Å². The van der Waals surface area contributed by atoms with Gasteiger partial charge in [-0.3, -0.25) is 4.98 Å². The van der Waals surface area contributed by atoms with E-state index in [4.69, 9.17) is 4.74 Å². The quantitative estimate of drug-likeness (QED) is 0.638. The molecule has 24 heavy (non-hydrogen) atoms. The van der Waals surface area contributed by atoms with E-state index in [2.05, 4.69) is 47.6 Å². The number of unbranched alkanes of at least 4 members (excludes halogenated alkanes) is 1. The number of rotatable bonds is 6. The Morgan fingerprint density at radius 1 is 1.04 bits per heavy atom. The highest BCUT2D eigenvalue weighted by Crippen LogP contribution is 2.29. The lowest BCUT2D eigenvalue weighted by Gasteiger charge is -2.12. The number of anilines is 2. The van der Waals surface area contributed by atoms with Gasteiger partial charge in [0.15, 0.2) is 0 Å². The molecular weight excluding hydrogens is 296 g/mol. The van der Waals surface area contributed by atoms with Gasteiger partial charge in [0, 0.05) is 22.5 Å². The molecule has 3 nitrogen and oxygen atoms in total. The Kier molecular flexibility index (Phi) is 4.99. The van der Waals surface area contributed by atoms with Crippen LogP contribution in [-0.2, 0) is 6.42 Å². The Hall–Kier alpha value is -2.55. The Bertz CT molecular complexity index is 825. The summed E-state index contributed by atoms with van der Waals surface area (Å²) in [5, 5.41) is 4.59. The number of methoxy groups -OCH3 is 1. The normalized spacial score (nSPS) is 10.8. The van der Waals surface area contributed by atoms with Crippen molar-refractivity contribution >= 4 is 22.3 Å². The topological polar surface area (TPSA) is 34.2 Å². The average Bonchev–Trinajstić information content (AvgIpc) is 2.60. The van der Waals surface area contributed by atoms with Crippen LogP contribution >= 0.6 is 0 Å². The lowest BCUT2D eigenvalue weighted by Crippen LogP contribution is -1.96. The summed E-state index contributed by atoms with van der Waals surface area (Å²) in [5.74, 6) is 0.839. The number of pyridine rings is 1. The van der Waals surface area contributed by atoms with E-state index < -0.39 is 0 Å². The van der Waals surface area contributed by atoms with Crippen LogP contribution in [0.4, 0.5) is 11.4 Å². The van der Waals surface area contributed by atoms with Crippen LogP contribution in [-0.4, -0.2) is 12.1 Å². The third-order valence-electron chi connectivity index (χ3n) is 4.20. The van der Waals surface area contributed by atoms with E-state index in [0.717, 1.165) is 40.1 Å². The van der Waals surface area contributed by atoms with Gasteiger partial charge in [-0.25, -0.2) is 0 Å². The molecule has 124 valence electrons. The van der Waals surface area contributed by atoms with Gasteiger partial charge >= 0.3 is 0 Å². The minimum Gasteiger partial charge on any atom is -0.497 e. The SMILES string of the molecule is CCCCc1ccc(Nc2cc(C)nc3ccc(OC)cc23)cc1. The zero-order valence-electron chi connectivity index (χ0n) is 14.6. The number of aromatic nitrogens is 1. The van der Waals surface area contributed by atoms with Crippen LogP contribution in [0.3, 0.4) is 0 Å². The number of benzene rings is 2. The zero-order chi connectivity index (χ0) is 16.9. The molecule has 0 aliphatic rings. The number of hydrogen-bond donors (Lipinski definition) is 1. The van der Waals surface area contributed by atoms with E-state index in [1.165, 1.54) is 18.4 Å². The summed E-state index contributed by atoms with van der Waals surface area (Å²) in [6, 6.07) is 16.7. The van der Waals surface area contributed by atoms with Crippen LogP contribution in [0, 0.1) is 6.92 Å². The summed E-state index contributed by atoms with van der Waals surface area (Å²) >= 11 is 0. The highest BCUT2D eigenvalue weighted by molar-refractivity contribution is 5.94. The average molecular weight is 320 g/mol. The lowest BCUT2D eigenvalue weighted by molar-refractivity contribution is 0.415. The molecule has 0 atom stereocenters. The number of ether oxygens (including phenoxy) is 1. The molecule has 1 aromatic heterocycles. The van der Waals surface area contributed by atoms with Crippen LogP contribution in [0.25, 0.3) is 10.9 Å². The fraction of sp³-hybridized carbons (Fsp3) is 0.286. The largest absolute Gasteiger partial charge is 0.497 e. The highest BCUT2D eigenvalue weighted by atomic mass is 16.5. The molecule has 0 amide bonds. The zero-order valence-corrected chi connectivity index (χ0v) is 14.6. The van der Waals surface area contributed by atoms with Crippen molar-refractivity contribution in [1.82, 2.24) is 4.98 Å². The molecular formula is C21H24N2O. The van der Waals surface area contributed by atoms with Crippen molar-refractivity contribution in [3.8, 4) is 5.75 Å². The second-order valence-corrected chi connectivity index (χ2v) is 6.12. The molecule has 0 spiro atoms. The van der Waals surface area contributed by atoms with Crippen LogP contribution in [0.15, 0.2) is 48.5 Å². The smallest absolute Gasteiger partial charge is 0.119 e. The fourth-order valence-electron chi connectivity index (χ4n) is 2.86. The van der Waals surface area contributed by atoms with Crippen molar-refractivity contribution in [2.75, 3.05) is 12.4 Å². The summed E-state index contributed by atoms with van der Waals surface area (Å²) in [4.78, 5) is 4.61. The first kappa shape index (κ1) is 16.3. The van der Waals surface area contributed by atoms with E-state index >= 15 is 0 Å². The summed E-state index contributed by atoms with van der Waals surface area (Å²) in [6.45, 7) is 4.24. The molecule has 1 N–H and O–H groups in total. The van der Waals surface area contributed by atoms with Crippen molar-refractivity contribution in [3.63, 3.8) is 0 Å². The van der Waals surface area contributed by atoms with Crippen LogP contribution in [0.5, 0.6) is 5.75 Å². The number of fused-ring (bicyclic) bond motifs is 1. The molecule has 3 rings (SSSR count). The van der Waals surface area contributed by atoms with Crippen molar-refractivity contribution in [1.29, 1.82) is 0 Å². The first-order chi connectivity index (χ1) is 11.7. The molecule has 3 aromatic rings. The molecule has 0 radical (unpaired) electrons. The minimum absolute atomic E-state index is 0.839. The molecule has 2 aromatic carbocycles. The summed E-state index contributed by atoms with van der Waals surface area (Å²) in [7, 11) is 1.69. The monoisotopic (exact) mass is 320 g/mol. The number of aryl methyl sites for hydroxylation is 2. The molecule has 0 aliphatic heterocycles. The van der Waals surface area contributed by atoms with Crippen molar-refractivity contribution in [2.45, 2.75) is 33.1 Å². The van der Waals surface area contributed by atoms with Crippen LogP contribution < -0.4 is 10.1 Å². The predicted octanol–water partition coefficient (Wildman–Crippen LogP) is 5.64. The number of nitrogens with zero attached hydrogens (tertiary/aromatic N) is 1. The maximum Gasteiger partial charge on any atom is 0.119 e. The van der Waals surface area contributed by atoms with Gasteiger partial charge in [-0.15, -0.1) is 0 Å². The molecule has 1 heterocycles. The summed E-state index contributed by atoms with van der Waals surface area (Å²) in [6.07, 6.45) is 3.61. The van der Waals surface area contributed by atoms with E-state index in [0.29, 0.717) is 0 Å². The Balaban J connectivity index is 1.91. The molecule has 0 saturated carbocycles. The van der Waals surface area contributed by atoms with Crippen molar-refractivity contribution in [2.24, 2.45) is 0 Å². The van der Waals surface area contributed by atoms with Gasteiger partial charge in [-0.05, 0) is 61.7 Å². The molecule has 3 heteroatoms. The molecule has 0 bridgehead atoms. The third-order valence-corrected chi connectivity index (χ3v) is 4.20. The van der Waals surface area contributed by atoms with E-state index in [1.54, 1.807) is 7.11 Å². The van der Waals surface area contributed by atoms with Gasteiger partial charge in [0.25, 0.3) is 0 Å². The summed E-state index contributed by atoms with van der Waals surface area (Å²) in [5.41, 5.74) is 5.50. The van der Waals surface area contributed by atoms with Crippen LogP contribution in [0.2, 0.25) is 0 Å². The molecule has 0 unspecified atom stereocenters. The van der Waals surface area contributed by atoms with Crippen molar-refractivity contribution in [3.05, 3.63) is 59.8 Å². The van der Waals surface area contributed by atoms with E-state index in [9.17, 15) is 0 Å². The van der Waals surface area contributed by atoms with Gasteiger partial charge in [0.1, 0.15) is 5.75 Å². The van der Waals surface area contributed by atoms with E-state index in [-0.39, 0.29) is 0 Å². The second-order valence-electron chi connectivity index (χ2n) is 6.12. The molecule has 0 fully saturated rings. The first-order valence-corrected chi connectivity index (χ1v) is 8.51. The van der Waals surface area contributed by atoms with E-state index in [1.807, 2.05) is 25.1 Å². The van der Waals surface area contributed by atoms with Gasteiger partial charge in [0.2, 0.25) is 0 Å². The fourth-order valence-corrected chi connectivity index (χ4v) is 2.86. The van der Waals surface area contributed by atoms with Gasteiger partial charge in [-0.2, -0.15) is 0 Å². The maximum atomic E-state index is 5.36. The third kappa shape index (κ3) is 3.67. The lowest BCUT2D eigenvalue weighted by atomic mass is 10.1. The Labute approximate surface area is 143 Å². The maximum absolute atomic E-state index is 5.36. The highest BCUT2D eigenvalue weighted by Gasteiger charge is 2.06. The number of nitrogens with one attached hydrogen (secondary N) is 1. The second kappa shape index (κ2) is 7.35. The Morgan fingerprint density at radius 2 is 1.83 bits per heavy atom. The predicted molar refractivity (Wildman–Crippen MR) is 101 cm³/mol. The van der Waals surface area contributed by atoms with Crippen LogP contribution in [0.1, 0.15) is 31.0 Å².